The van der Waals surface area contributed by atoms with Gasteiger partial charge in [0.2, 0.25) is 0 Å². The van der Waals surface area contributed by atoms with Crippen LogP contribution in [0.1, 0.15) is 37.3 Å². The number of rotatable bonds is 4. The zero-order valence-electron chi connectivity index (χ0n) is 11.4. The smallest absolute Gasteiger partial charge is 0.118 e. The van der Waals surface area contributed by atoms with Crippen LogP contribution < -0.4 is 15.8 Å². The van der Waals surface area contributed by atoms with Crippen LogP contribution in [0, 0.1) is 5.92 Å². The van der Waals surface area contributed by atoms with Crippen molar-refractivity contribution in [3.8, 4) is 5.75 Å². The third kappa shape index (κ3) is 3.03. The van der Waals surface area contributed by atoms with Gasteiger partial charge in [-0.25, -0.2) is 0 Å². The summed E-state index contributed by atoms with van der Waals surface area (Å²) in [6.45, 7) is 0. The summed E-state index contributed by atoms with van der Waals surface area (Å²) in [6.07, 6.45) is 4.92. The molecule has 1 aromatic rings. The molecule has 1 atom stereocenters. The summed E-state index contributed by atoms with van der Waals surface area (Å²) in [5.74, 6) is 1.51. The van der Waals surface area contributed by atoms with Gasteiger partial charge in [-0.2, -0.15) is 0 Å². The van der Waals surface area contributed by atoms with Crippen LogP contribution in [0.2, 0.25) is 0 Å². The van der Waals surface area contributed by atoms with E-state index < -0.39 is 0 Å². The second-order valence-corrected chi connectivity index (χ2v) is 5.20. The Labute approximate surface area is 110 Å². The lowest BCUT2D eigenvalue weighted by atomic mass is 9.79. The van der Waals surface area contributed by atoms with Gasteiger partial charge < -0.3 is 15.8 Å². The van der Waals surface area contributed by atoms with Crippen molar-refractivity contribution in [2.75, 3.05) is 14.2 Å². The van der Waals surface area contributed by atoms with Crippen LogP contribution in [-0.4, -0.2) is 20.2 Å². The van der Waals surface area contributed by atoms with E-state index >= 15 is 0 Å². The summed E-state index contributed by atoms with van der Waals surface area (Å²) in [4.78, 5) is 0. The van der Waals surface area contributed by atoms with Crippen molar-refractivity contribution < 1.29 is 4.74 Å². The molecule has 1 aliphatic rings. The van der Waals surface area contributed by atoms with Crippen molar-refractivity contribution in [3.63, 3.8) is 0 Å². The maximum Gasteiger partial charge on any atom is 0.118 e. The van der Waals surface area contributed by atoms with E-state index in [0.717, 1.165) is 5.75 Å². The first-order valence-electron chi connectivity index (χ1n) is 6.81. The fourth-order valence-electron chi connectivity index (χ4n) is 2.87. The molecule has 0 amide bonds. The van der Waals surface area contributed by atoms with Crippen molar-refractivity contribution >= 4 is 0 Å². The Bertz CT molecular complexity index is 355. The molecule has 0 bridgehead atoms. The average Bonchev–Trinajstić information content (AvgIpc) is 2.47. The minimum Gasteiger partial charge on any atom is -0.497 e. The second kappa shape index (κ2) is 6.21. The Hall–Kier alpha value is -1.06. The number of nitrogens with two attached hydrogens (primary N) is 1. The highest BCUT2D eigenvalue weighted by atomic mass is 16.5. The number of methoxy groups -OCH3 is 1. The number of ether oxygens (including phenoxy) is 1. The van der Waals surface area contributed by atoms with Crippen LogP contribution in [0.4, 0.5) is 0 Å². The first-order valence-corrected chi connectivity index (χ1v) is 6.81. The highest BCUT2D eigenvalue weighted by Crippen LogP contribution is 2.33. The summed E-state index contributed by atoms with van der Waals surface area (Å²) in [6, 6.07) is 9.02. The quantitative estimate of drug-likeness (QED) is 0.860. The average molecular weight is 248 g/mol. The van der Waals surface area contributed by atoms with Crippen molar-refractivity contribution in [3.05, 3.63) is 29.8 Å². The molecule has 100 valence electrons. The fraction of sp³-hybridized carbons (Fsp3) is 0.600. The molecule has 0 spiro atoms. The molecule has 0 radical (unpaired) electrons. The first kappa shape index (κ1) is 13.4. The van der Waals surface area contributed by atoms with Gasteiger partial charge in [0, 0.05) is 12.1 Å². The largest absolute Gasteiger partial charge is 0.497 e. The van der Waals surface area contributed by atoms with Gasteiger partial charge >= 0.3 is 0 Å². The Morgan fingerprint density at radius 3 is 2.28 bits per heavy atom. The molecule has 2 rings (SSSR count). The highest BCUT2D eigenvalue weighted by molar-refractivity contribution is 5.29. The van der Waals surface area contributed by atoms with Gasteiger partial charge in [0.15, 0.2) is 0 Å². The number of hydrogen-bond acceptors (Lipinski definition) is 3. The summed E-state index contributed by atoms with van der Waals surface area (Å²) < 4.78 is 5.17. The lowest BCUT2D eigenvalue weighted by Crippen LogP contribution is -2.33. The summed E-state index contributed by atoms with van der Waals surface area (Å²) in [7, 11) is 3.74. The fourth-order valence-corrected chi connectivity index (χ4v) is 2.87. The normalized spacial score (nSPS) is 25.7. The topological polar surface area (TPSA) is 47.3 Å². The van der Waals surface area contributed by atoms with Crippen LogP contribution in [0.15, 0.2) is 24.3 Å². The lowest BCUT2D eigenvalue weighted by molar-refractivity contribution is 0.266. The second-order valence-electron chi connectivity index (χ2n) is 5.20. The molecule has 3 N–H and O–H groups in total. The number of hydrogen-bond donors (Lipinski definition) is 2. The molecule has 1 aliphatic carbocycles. The van der Waals surface area contributed by atoms with E-state index in [0.29, 0.717) is 12.0 Å². The van der Waals surface area contributed by atoms with E-state index in [1.165, 1.54) is 31.2 Å². The lowest BCUT2D eigenvalue weighted by Gasteiger charge is -2.32. The molecule has 3 nitrogen and oxygen atoms in total. The Morgan fingerprint density at radius 2 is 1.78 bits per heavy atom. The molecule has 18 heavy (non-hydrogen) atoms. The number of nitrogens with one attached hydrogen (secondary N) is 1. The van der Waals surface area contributed by atoms with Crippen LogP contribution in [0.5, 0.6) is 5.75 Å². The summed E-state index contributed by atoms with van der Waals surface area (Å²) in [5, 5.41) is 3.36. The van der Waals surface area contributed by atoms with E-state index in [2.05, 4.69) is 17.4 Å². The minimum absolute atomic E-state index is 0.161. The van der Waals surface area contributed by atoms with E-state index in [4.69, 9.17) is 10.5 Å². The molecule has 1 unspecified atom stereocenters. The molecule has 0 aromatic heterocycles. The van der Waals surface area contributed by atoms with Crippen molar-refractivity contribution in [1.82, 2.24) is 5.32 Å². The highest BCUT2D eigenvalue weighted by Gasteiger charge is 2.25. The summed E-state index contributed by atoms with van der Waals surface area (Å²) in [5.41, 5.74) is 7.61. The molecule has 3 heteroatoms. The molecule has 1 aromatic carbocycles. The Kier molecular flexibility index (Phi) is 4.61. The van der Waals surface area contributed by atoms with Crippen molar-refractivity contribution in [1.29, 1.82) is 0 Å². The predicted molar refractivity (Wildman–Crippen MR) is 74.7 cm³/mol. The third-order valence-electron chi connectivity index (χ3n) is 4.19. The molecule has 1 fully saturated rings. The van der Waals surface area contributed by atoms with Crippen LogP contribution in [-0.2, 0) is 0 Å². The third-order valence-corrected chi connectivity index (χ3v) is 4.19. The van der Waals surface area contributed by atoms with E-state index in [1.54, 1.807) is 7.11 Å². The van der Waals surface area contributed by atoms with Gasteiger partial charge in [-0.15, -0.1) is 0 Å². The molecule has 1 saturated carbocycles. The Morgan fingerprint density at radius 1 is 1.17 bits per heavy atom. The van der Waals surface area contributed by atoms with Crippen molar-refractivity contribution in [2.45, 2.75) is 37.8 Å². The molecular formula is C15H24N2O. The van der Waals surface area contributed by atoms with Crippen molar-refractivity contribution in [2.24, 2.45) is 11.7 Å². The predicted octanol–water partition coefficient (Wildman–Crippen LogP) is 2.47. The van der Waals surface area contributed by atoms with Gasteiger partial charge in [0.1, 0.15) is 5.75 Å². The van der Waals surface area contributed by atoms with Gasteiger partial charge in [-0.1, -0.05) is 12.1 Å². The molecule has 0 aliphatic heterocycles. The van der Waals surface area contributed by atoms with Crippen LogP contribution in [0.25, 0.3) is 0 Å². The zero-order chi connectivity index (χ0) is 13.0. The molecular weight excluding hydrogens is 224 g/mol. The standard InChI is InChI=1S/C15H24N2O/c1-17-13-7-3-11(4-8-13)15(16)12-5-9-14(18-2)10-6-12/h5-6,9-11,13,15,17H,3-4,7-8,16H2,1-2H3. The van der Waals surface area contributed by atoms with Gasteiger partial charge in [-0.3, -0.25) is 0 Å². The molecule has 0 saturated heterocycles. The maximum absolute atomic E-state index is 6.39. The first-order chi connectivity index (χ1) is 8.74. The molecule has 0 heterocycles. The van der Waals surface area contributed by atoms with Gasteiger partial charge in [0.25, 0.3) is 0 Å². The van der Waals surface area contributed by atoms with Gasteiger partial charge in [-0.05, 0) is 56.3 Å². The van der Waals surface area contributed by atoms with E-state index in [-0.39, 0.29) is 6.04 Å². The monoisotopic (exact) mass is 248 g/mol. The van der Waals surface area contributed by atoms with Gasteiger partial charge in [0.05, 0.1) is 7.11 Å². The van der Waals surface area contributed by atoms with Crippen LogP contribution in [0.3, 0.4) is 0 Å². The number of benzene rings is 1. The minimum atomic E-state index is 0.161. The Balaban J connectivity index is 1.96. The zero-order valence-corrected chi connectivity index (χ0v) is 11.4. The maximum atomic E-state index is 6.39. The van der Waals surface area contributed by atoms with Crippen LogP contribution >= 0.6 is 0 Å². The summed E-state index contributed by atoms with van der Waals surface area (Å²) >= 11 is 0. The van der Waals surface area contributed by atoms with E-state index in [1.807, 2.05) is 19.2 Å². The SMILES string of the molecule is CNC1CCC(C(N)c2ccc(OC)cc2)CC1. The van der Waals surface area contributed by atoms with E-state index in [9.17, 15) is 0 Å².